The van der Waals surface area contributed by atoms with Crippen LogP contribution in [-0.4, -0.2) is 25.5 Å². The van der Waals surface area contributed by atoms with Crippen molar-refractivity contribution in [2.75, 3.05) is 19.6 Å². The quantitative estimate of drug-likeness (QED) is 0.823. The predicted octanol–water partition coefficient (Wildman–Crippen LogP) is 2.45. The van der Waals surface area contributed by atoms with Crippen molar-refractivity contribution in [3.63, 3.8) is 0 Å². The van der Waals surface area contributed by atoms with Crippen LogP contribution in [0.5, 0.6) is 0 Å². The molecule has 3 nitrogen and oxygen atoms in total. The highest BCUT2D eigenvalue weighted by atomic mass is 79.9. The van der Waals surface area contributed by atoms with Gasteiger partial charge in [-0.05, 0) is 24.6 Å². The van der Waals surface area contributed by atoms with E-state index in [1.165, 1.54) is 5.57 Å². The average Bonchev–Trinajstić information content (AvgIpc) is 2.40. The van der Waals surface area contributed by atoms with Gasteiger partial charge in [0.2, 0.25) is 5.91 Å². The Morgan fingerprint density at radius 3 is 2.84 bits per heavy atom. The first-order valence-electron chi connectivity index (χ1n) is 6.14. The summed E-state index contributed by atoms with van der Waals surface area (Å²) < 4.78 is 0.987. The fourth-order valence-corrected chi connectivity index (χ4v) is 2.34. The number of carbonyl (C=O) groups is 1. The van der Waals surface area contributed by atoms with Gasteiger partial charge in [0.25, 0.3) is 0 Å². The van der Waals surface area contributed by atoms with Crippen molar-refractivity contribution in [2.45, 2.75) is 12.8 Å². The van der Waals surface area contributed by atoms with Crippen molar-refractivity contribution >= 4 is 34.2 Å². The van der Waals surface area contributed by atoms with Crippen LogP contribution in [0, 0.1) is 0 Å². The summed E-state index contributed by atoms with van der Waals surface area (Å²) in [6.07, 6.45) is 3.60. The highest BCUT2D eigenvalue weighted by Crippen LogP contribution is 2.16. The van der Waals surface area contributed by atoms with E-state index in [1.54, 1.807) is 0 Å². The minimum Gasteiger partial charge on any atom is -0.352 e. The number of hydrogen-bond acceptors (Lipinski definition) is 2. The lowest BCUT2D eigenvalue weighted by Gasteiger charge is -2.14. The third-order valence-corrected chi connectivity index (χ3v) is 3.75. The van der Waals surface area contributed by atoms with Crippen LogP contribution < -0.4 is 10.6 Å². The van der Waals surface area contributed by atoms with E-state index >= 15 is 0 Å². The monoisotopic (exact) mass is 344 g/mol. The molecule has 2 N–H and O–H groups in total. The van der Waals surface area contributed by atoms with Crippen LogP contribution in [0.1, 0.15) is 12.0 Å². The molecule has 1 aliphatic rings. The first-order valence-corrected chi connectivity index (χ1v) is 6.94. The molecule has 104 valence electrons. The molecular formula is C14H18BrClN2O. The summed E-state index contributed by atoms with van der Waals surface area (Å²) in [5.41, 5.74) is 2.34. The predicted molar refractivity (Wildman–Crippen MR) is 83.7 cm³/mol. The van der Waals surface area contributed by atoms with Gasteiger partial charge in [0.1, 0.15) is 0 Å². The molecule has 1 aliphatic heterocycles. The Kier molecular flexibility index (Phi) is 7.13. The molecule has 1 aromatic rings. The van der Waals surface area contributed by atoms with Gasteiger partial charge in [0.05, 0.1) is 6.42 Å². The van der Waals surface area contributed by atoms with Crippen LogP contribution in [0.25, 0.3) is 0 Å². The summed E-state index contributed by atoms with van der Waals surface area (Å²) in [7, 11) is 0. The van der Waals surface area contributed by atoms with Gasteiger partial charge in [0, 0.05) is 17.6 Å². The molecule has 0 spiro atoms. The number of carbonyl (C=O) groups excluding carboxylic acids is 1. The van der Waals surface area contributed by atoms with Gasteiger partial charge in [-0.15, -0.1) is 12.4 Å². The van der Waals surface area contributed by atoms with Crippen LogP contribution in [0.4, 0.5) is 0 Å². The lowest BCUT2D eigenvalue weighted by Crippen LogP contribution is -2.30. The average molecular weight is 346 g/mol. The first kappa shape index (κ1) is 16.2. The summed E-state index contributed by atoms with van der Waals surface area (Å²) in [6.45, 7) is 2.59. The molecule has 0 saturated carbocycles. The summed E-state index contributed by atoms with van der Waals surface area (Å²) >= 11 is 3.45. The Labute approximate surface area is 128 Å². The maximum atomic E-state index is 11.8. The molecule has 2 rings (SSSR count). The Morgan fingerprint density at radius 2 is 2.16 bits per heavy atom. The minimum absolute atomic E-state index is 0. The largest absolute Gasteiger partial charge is 0.352 e. The number of benzene rings is 1. The molecule has 0 bridgehead atoms. The van der Waals surface area contributed by atoms with E-state index in [0.717, 1.165) is 29.5 Å². The van der Waals surface area contributed by atoms with Crippen molar-refractivity contribution in [3.8, 4) is 0 Å². The molecule has 0 atom stereocenters. The smallest absolute Gasteiger partial charge is 0.224 e. The molecule has 0 saturated heterocycles. The fraction of sp³-hybridized carbons (Fsp3) is 0.357. The fourth-order valence-electron chi connectivity index (χ4n) is 1.92. The van der Waals surface area contributed by atoms with E-state index in [-0.39, 0.29) is 18.3 Å². The zero-order valence-electron chi connectivity index (χ0n) is 10.6. The normalized spacial score (nSPS) is 14.3. The van der Waals surface area contributed by atoms with E-state index in [2.05, 4.69) is 32.6 Å². The van der Waals surface area contributed by atoms with Crippen LogP contribution in [0.15, 0.2) is 40.4 Å². The lowest BCUT2D eigenvalue weighted by molar-refractivity contribution is -0.120. The van der Waals surface area contributed by atoms with Gasteiger partial charge in [-0.25, -0.2) is 0 Å². The second-order valence-electron chi connectivity index (χ2n) is 4.36. The number of rotatable bonds is 4. The van der Waals surface area contributed by atoms with E-state index in [1.807, 2.05) is 24.3 Å². The summed E-state index contributed by atoms with van der Waals surface area (Å²) in [5, 5.41) is 6.23. The Bertz CT molecular complexity index is 463. The maximum absolute atomic E-state index is 11.8. The molecule has 0 fully saturated rings. The third kappa shape index (κ3) is 5.35. The maximum Gasteiger partial charge on any atom is 0.224 e. The topological polar surface area (TPSA) is 41.1 Å². The minimum atomic E-state index is 0. The van der Waals surface area contributed by atoms with Crippen molar-refractivity contribution < 1.29 is 4.79 Å². The van der Waals surface area contributed by atoms with Crippen molar-refractivity contribution in [3.05, 3.63) is 46.0 Å². The van der Waals surface area contributed by atoms with Crippen molar-refractivity contribution in [2.24, 2.45) is 0 Å². The summed E-state index contributed by atoms with van der Waals surface area (Å²) in [4.78, 5) is 11.8. The lowest BCUT2D eigenvalue weighted by atomic mass is 10.1. The van der Waals surface area contributed by atoms with Crippen molar-refractivity contribution in [1.29, 1.82) is 0 Å². The van der Waals surface area contributed by atoms with Crippen LogP contribution in [-0.2, 0) is 11.2 Å². The zero-order chi connectivity index (χ0) is 12.8. The molecular weight excluding hydrogens is 328 g/mol. The Morgan fingerprint density at radius 1 is 1.37 bits per heavy atom. The Hall–Kier alpha value is -0.840. The first-order chi connectivity index (χ1) is 8.75. The molecule has 0 radical (unpaired) electrons. The van der Waals surface area contributed by atoms with Gasteiger partial charge >= 0.3 is 0 Å². The standard InChI is InChI=1S/C14H17BrN2O.ClH/c15-13-4-2-1-3-12(13)9-14(18)17-10-11-5-7-16-8-6-11;/h1-5,16H,6-10H2,(H,17,18);1H. The van der Waals surface area contributed by atoms with Crippen molar-refractivity contribution in [1.82, 2.24) is 10.6 Å². The van der Waals surface area contributed by atoms with Gasteiger partial charge < -0.3 is 10.6 Å². The van der Waals surface area contributed by atoms with E-state index in [9.17, 15) is 4.79 Å². The van der Waals surface area contributed by atoms with Gasteiger partial charge in [0.15, 0.2) is 0 Å². The molecule has 0 unspecified atom stereocenters. The third-order valence-electron chi connectivity index (χ3n) is 2.98. The molecule has 5 heteroatoms. The molecule has 1 aromatic carbocycles. The van der Waals surface area contributed by atoms with E-state index < -0.39 is 0 Å². The number of hydrogen-bond donors (Lipinski definition) is 2. The second kappa shape index (κ2) is 8.35. The van der Waals surface area contributed by atoms with Gasteiger partial charge in [-0.1, -0.05) is 45.8 Å². The highest BCUT2D eigenvalue weighted by Gasteiger charge is 2.08. The van der Waals surface area contributed by atoms with E-state index in [0.29, 0.717) is 13.0 Å². The second-order valence-corrected chi connectivity index (χ2v) is 5.22. The summed E-state index contributed by atoms with van der Waals surface area (Å²) in [6, 6.07) is 7.82. The van der Waals surface area contributed by atoms with Gasteiger partial charge in [-0.3, -0.25) is 4.79 Å². The van der Waals surface area contributed by atoms with Crippen LogP contribution in [0.3, 0.4) is 0 Å². The van der Waals surface area contributed by atoms with Crippen LogP contribution in [0.2, 0.25) is 0 Å². The molecule has 19 heavy (non-hydrogen) atoms. The molecule has 0 aliphatic carbocycles. The summed E-state index contributed by atoms with van der Waals surface area (Å²) in [5.74, 6) is 0.0707. The SMILES string of the molecule is Cl.O=C(Cc1ccccc1Br)NCC1=CCNCC1. The number of nitrogens with one attached hydrogen (secondary N) is 2. The molecule has 1 amide bonds. The van der Waals surface area contributed by atoms with Crippen LogP contribution >= 0.6 is 28.3 Å². The van der Waals surface area contributed by atoms with Gasteiger partial charge in [-0.2, -0.15) is 0 Å². The molecule has 0 aromatic heterocycles. The number of amides is 1. The Balaban J connectivity index is 0.00000180. The molecule has 1 heterocycles. The van der Waals surface area contributed by atoms with E-state index in [4.69, 9.17) is 0 Å². The number of halogens is 2. The highest BCUT2D eigenvalue weighted by molar-refractivity contribution is 9.10. The zero-order valence-corrected chi connectivity index (χ0v) is 13.0.